The topological polar surface area (TPSA) is 83.6 Å². The van der Waals surface area contributed by atoms with E-state index in [2.05, 4.69) is 16.4 Å². The summed E-state index contributed by atoms with van der Waals surface area (Å²) in [5, 5.41) is 14.1. The Bertz CT molecular complexity index is 1310. The monoisotopic (exact) mass is 442 g/mol. The molecule has 0 spiro atoms. The van der Waals surface area contributed by atoms with Crippen LogP contribution in [-0.4, -0.2) is 42.4 Å². The number of amides is 1. The van der Waals surface area contributed by atoms with E-state index in [1.165, 1.54) is 0 Å². The summed E-state index contributed by atoms with van der Waals surface area (Å²) < 4.78 is 11.2. The molecule has 4 aromatic rings. The van der Waals surface area contributed by atoms with Gasteiger partial charge in [0, 0.05) is 23.5 Å². The standard InChI is InChI=1S/C27H26N2O4/c1-32-22-6-4-5-17(13-22)19-11-18-9-10-33-26(18)24(14-19)27(31)29-21(16-30)12-20-15-28-25-8-3-2-7-23(20)25/h2-8,11,13-15,21,28,30H,9-10,12,16H2,1H3,(H,29,31)/t21-/m1/s1. The Hall–Kier alpha value is -3.77. The van der Waals surface area contributed by atoms with E-state index in [9.17, 15) is 9.90 Å². The summed E-state index contributed by atoms with van der Waals surface area (Å²) in [6, 6.07) is 19.3. The maximum absolute atomic E-state index is 13.3. The molecule has 1 aliphatic heterocycles. The molecule has 1 aliphatic rings. The number of carbonyl (C=O) groups excluding carboxylic acids is 1. The van der Waals surface area contributed by atoms with Gasteiger partial charge in [-0.05, 0) is 59.0 Å². The minimum Gasteiger partial charge on any atom is -0.497 e. The van der Waals surface area contributed by atoms with Crippen LogP contribution in [0.2, 0.25) is 0 Å². The second kappa shape index (κ2) is 9.00. The average Bonchev–Trinajstić information content (AvgIpc) is 3.50. The molecule has 0 bridgehead atoms. The van der Waals surface area contributed by atoms with Crippen molar-refractivity contribution in [2.45, 2.75) is 18.9 Å². The van der Waals surface area contributed by atoms with Crippen LogP contribution in [0.3, 0.4) is 0 Å². The molecular formula is C27H26N2O4. The fourth-order valence-electron chi connectivity index (χ4n) is 4.44. The first-order chi connectivity index (χ1) is 16.2. The summed E-state index contributed by atoms with van der Waals surface area (Å²) >= 11 is 0. The van der Waals surface area contributed by atoms with Crippen LogP contribution in [0.5, 0.6) is 11.5 Å². The van der Waals surface area contributed by atoms with Crippen LogP contribution < -0.4 is 14.8 Å². The number of fused-ring (bicyclic) bond motifs is 2. The first kappa shape index (κ1) is 21.1. The van der Waals surface area contributed by atoms with Crippen LogP contribution >= 0.6 is 0 Å². The molecule has 0 aliphatic carbocycles. The molecular weight excluding hydrogens is 416 g/mol. The van der Waals surface area contributed by atoms with Crippen molar-refractivity contribution in [3.63, 3.8) is 0 Å². The maximum Gasteiger partial charge on any atom is 0.255 e. The third-order valence-electron chi connectivity index (χ3n) is 6.13. The van der Waals surface area contributed by atoms with E-state index in [1.807, 2.05) is 60.8 Å². The van der Waals surface area contributed by atoms with Crippen molar-refractivity contribution in [1.29, 1.82) is 0 Å². The molecule has 0 saturated heterocycles. The number of ether oxygens (including phenoxy) is 2. The van der Waals surface area contributed by atoms with Crippen LogP contribution in [0.15, 0.2) is 66.9 Å². The lowest BCUT2D eigenvalue weighted by Gasteiger charge is -2.18. The number of nitrogens with one attached hydrogen (secondary N) is 2. The summed E-state index contributed by atoms with van der Waals surface area (Å²) in [4.78, 5) is 16.6. The minimum absolute atomic E-state index is 0.163. The SMILES string of the molecule is COc1cccc(-c2cc3c(c(C(=O)N[C@@H](CO)Cc4c[nH]c5ccccc45)c2)OCC3)c1. The quantitative estimate of drug-likeness (QED) is 0.402. The van der Waals surface area contributed by atoms with Crippen LogP contribution in [0.4, 0.5) is 0 Å². The van der Waals surface area contributed by atoms with Gasteiger partial charge in [0.15, 0.2) is 0 Å². The van der Waals surface area contributed by atoms with E-state index in [0.717, 1.165) is 45.3 Å². The Labute approximate surface area is 192 Å². The first-order valence-electron chi connectivity index (χ1n) is 11.1. The highest BCUT2D eigenvalue weighted by Gasteiger charge is 2.24. The lowest BCUT2D eigenvalue weighted by Crippen LogP contribution is -2.39. The van der Waals surface area contributed by atoms with E-state index < -0.39 is 6.04 Å². The highest BCUT2D eigenvalue weighted by molar-refractivity contribution is 5.99. The number of benzene rings is 3. The van der Waals surface area contributed by atoms with Crippen molar-refractivity contribution < 1.29 is 19.4 Å². The highest BCUT2D eigenvalue weighted by Crippen LogP contribution is 2.35. The Morgan fingerprint density at radius 3 is 2.88 bits per heavy atom. The van der Waals surface area contributed by atoms with Gasteiger partial charge in [0.05, 0.1) is 31.9 Å². The number of aromatic nitrogens is 1. The van der Waals surface area contributed by atoms with Crippen molar-refractivity contribution >= 4 is 16.8 Å². The molecule has 0 unspecified atom stereocenters. The number of hydrogen-bond acceptors (Lipinski definition) is 4. The number of H-pyrrole nitrogens is 1. The molecule has 6 heteroatoms. The van der Waals surface area contributed by atoms with Gasteiger partial charge < -0.3 is 24.9 Å². The van der Waals surface area contributed by atoms with Gasteiger partial charge in [-0.1, -0.05) is 30.3 Å². The summed E-state index contributed by atoms with van der Waals surface area (Å²) in [6.07, 6.45) is 3.21. The molecule has 0 radical (unpaired) electrons. The van der Waals surface area contributed by atoms with Crippen LogP contribution in [0, 0.1) is 0 Å². The molecule has 3 aromatic carbocycles. The second-order valence-electron chi connectivity index (χ2n) is 8.26. The van der Waals surface area contributed by atoms with Crippen molar-refractivity contribution in [3.8, 4) is 22.6 Å². The van der Waals surface area contributed by atoms with E-state index >= 15 is 0 Å². The van der Waals surface area contributed by atoms with Crippen LogP contribution in [0.1, 0.15) is 21.5 Å². The Kier molecular flexibility index (Phi) is 5.75. The molecule has 6 nitrogen and oxygen atoms in total. The number of hydrogen-bond donors (Lipinski definition) is 3. The van der Waals surface area contributed by atoms with Gasteiger partial charge in [0.25, 0.3) is 5.91 Å². The summed E-state index contributed by atoms with van der Waals surface area (Å²) in [7, 11) is 1.64. The number of aromatic amines is 1. The lowest BCUT2D eigenvalue weighted by atomic mass is 9.97. The molecule has 33 heavy (non-hydrogen) atoms. The summed E-state index contributed by atoms with van der Waals surface area (Å²) in [6.45, 7) is 0.389. The largest absolute Gasteiger partial charge is 0.497 e. The van der Waals surface area contributed by atoms with Crippen molar-refractivity contribution in [3.05, 3.63) is 83.6 Å². The maximum atomic E-state index is 13.3. The predicted octanol–water partition coefficient (Wildman–Crippen LogP) is 4.11. The molecule has 0 fully saturated rings. The number of rotatable bonds is 7. The van der Waals surface area contributed by atoms with Gasteiger partial charge >= 0.3 is 0 Å². The minimum atomic E-state index is -0.422. The molecule has 5 rings (SSSR count). The zero-order valence-electron chi connectivity index (χ0n) is 18.4. The molecule has 1 aromatic heterocycles. The smallest absolute Gasteiger partial charge is 0.255 e. The molecule has 1 amide bonds. The predicted molar refractivity (Wildman–Crippen MR) is 128 cm³/mol. The molecule has 1 atom stereocenters. The van der Waals surface area contributed by atoms with E-state index in [1.54, 1.807) is 7.11 Å². The third kappa shape index (κ3) is 4.17. The fraction of sp³-hybridized carbons (Fsp3) is 0.222. The number of carbonyl (C=O) groups is 1. The number of para-hydroxylation sites is 1. The van der Waals surface area contributed by atoms with Crippen molar-refractivity contribution in [1.82, 2.24) is 10.3 Å². The molecule has 3 N–H and O–H groups in total. The van der Waals surface area contributed by atoms with E-state index in [0.29, 0.717) is 24.3 Å². The fourth-order valence-corrected chi connectivity index (χ4v) is 4.44. The van der Waals surface area contributed by atoms with Crippen LogP contribution in [0.25, 0.3) is 22.0 Å². The van der Waals surface area contributed by atoms with Crippen LogP contribution in [-0.2, 0) is 12.8 Å². The van der Waals surface area contributed by atoms with Crippen molar-refractivity contribution in [2.75, 3.05) is 20.3 Å². The Morgan fingerprint density at radius 1 is 1.15 bits per heavy atom. The third-order valence-corrected chi connectivity index (χ3v) is 6.13. The lowest BCUT2D eigenvalue weighted by molar-refractivity contribution is 0.0913. The van der Waals surface area contributed by atoms with Crippen molar-refractivity contribution in [2.24, 2.45) is 0 Å². The highest BCUT2D eigenvalue weighted by atomic mass is 16.5. The molecule has 2 heterocycles. The summed E-state index contributed by atoms with van der Waals surface area (Å²) in [5.41, 5.74) is 5.48. The van der Waals surface area contributed by atoms with E-state index in [-0.39, 0.29) is 12.5 Å². The van der Waals surface area contributed by atoms with Gasteiger partial charge in [-0.25, -0.2) is 0 Å². The summed E-state index contributed by atoms with van der Waals surface area (Å²) in [5.74, 6) is 1.13. The zero-order chi connectivity index (χ0) is 22.8. The van der Waals surface area contributed by atoms with Gasteiger partial charge in [0.1, 0.15) is 11.5 Å². The number of aliphatic hydroxyl groups excluding tert-OH is 1. The number of methoxy groups -OCH3 is 1. The normalized spacial score (nSPS) is 13.4. The Balaban J connectivity index is 1.43. The zero-order valence-corrected chi connectivity index (χ0v) is 18.4. The first-order valence-corrected chi connectivity index (χ1v) is 11.1. The molecule has 0 saturated carbocycles. The van der Waals surface area contributed by atoms with Gasteiger partial charge in [-0.15, -0.1) is 0 Å². The van der Waals surface area contributed by atoms with E-state index in [4.69, 9.17) is 9.47 Å². The van der Waals surface area contributed by atoms with Gasteiger partial charge in [-0.3, -0.25) is 4.79 Å². The van der Waals surface area contributed by atoms with Gasteiger partial charge in [0.2, 0.25) is 0 Å². The molecule has 168 valence electrons. The second-order valence-corrected chi connectivity index (χ2v) is 8.26. The van der Waals surface area contributed by atoms with Gasteiger partial charge in [-0.2, -0.15) is 0 Å². The Morgan fingerprint density at radius 2 is 2.03 bits per heavy atom. The average molecular weight is 443 g/mol. The number of aliphatic hydroxyl groups is 1.